The van der Waals surface area contributed by atoms with Crippen molar-refractivity contribution in [3.63, 3.8) is 0 Å². The topological polar surface area (TPSA) is 204 Å². The Morgan fingerprint density at radius 2 is 1.06 bits per heavy atom. The van der Waals surface area contributed by atoms with Gasteiger partial charge in [0.05, 0.1) is 26.8 Å². The monoisotopic (exact) mass is 1230 g/mol. The van der Waals surface area contributed by atoms with Crippen molar-refractivity contribution in [3.8, 4) is 22.6 Å². The van der Waals surface area contributed by atoms with Crippen LogP contribution in [0.4, 0.5) is 0 Å². The third kappa shape index (κ3) is 18.8. The lowest BCUT2D eigenvalue weighted by Crippen LogP contribution is -2.56. The molecule has 0 unspecified atom stereocenters. The van der Waals surface area contributed by atoms with Crippen LogP contribution in [0, 0.1) is 23.7 Å². The summed E-state index contributed by atoms with van der Waals surface area (Å²) in [7, 11) is 5.00. The molecule has 2 saturated heterocycles. The first kappa shape index (κ1) is 68.5. The van der Waals surface area contributed by atoms with Crippen LogP contribution in [0.5, 0.6) is 11.5 Å². The molecular weight excluding hydrogens is 1130 g/mol. The molecule has 4 aliphatic rings. The molecule has 486 valence electrons. The van der Waals surface area contributed by atoms with E-state index in [-0.39, 0.29) is 103 Å². The molecule has 2 aliphatic heterocycles. The highest BCUT2D eigenvalue weighted by Crippen LogP contribution is 2.36. The van der Waals surface area contributed by atoms with E-state index in [0.717, 1.165) is 124 Å². The van der Waals surface area contributed by atoms with Crippen LogP contribution < -0.4 is 25.4 Å². The van der Waals surface area contributed by atoms with Crippen LogP contribution in [-0.2, 0) is 41.6 Å². The smallest absolute Gasteiger partial charge is 0.251 e. The normalized spacial score (nSPS) is 18.4. The number of ether oxygens (including phenoxy) is 2. The van der Waals surface area contributed by atoms with E-state index >= 15 is 0 Å². The summed E-state index contributed by atoms with van der Waals surface area (Å²) in [5.74, 6) is -0.0176. The lowest BCUT2D eigenvalue weighted by molar-refractivity contribution is -0.143. The molecule has 17 nitrogen and oxygen atoms in total. The van der Waals surface area contributed by atoms with Crippen LogP contribution in [-0.4, -0.2) is 158 Å². The third-order valence-electron chi connectivity index (χ3n) is 19.8. The molecule has 2 heterocycles. The van der Waals surface area contributed by atoms with Gasteiger partial charge in [0.2, 0.25) is 29.5 Å². The number of nitrogens with one attached hydrogen (secondary N) is 3. The molecule has 4 aromatic rings. The summed E-state index contributed by atoms with van der Waals surface area (Å²) in [5, 5.41) is 9.09. The number of likely N-dealkylation sites (N-methyl/N-ethyl adjacent to an activating group) is 1. The van der Waals surface area contributed by atoms with Gasteiger partial charge in [-0.3, -0.25) is 38.4 Å². The fourth-order valence-corrected chi connectivity index (χ4v) is 13.7. The van der Waals surface area contributed by atoms with Crippen molar-refractivity contribution in [2.75, 3.05) is 67.1 Å². The van der Waals surface area contributed by atoms with Gasteiger partial charge in [-0.15, -0.1) is 0 Å². The van der Waals surface area contributed by atoms with Gasteiger partial charge in [0, 0.05) is 93.6 Å². The number of ketones is 2. The molecule has 0 spiro atoms. The number of nitrogens with zero attached hydrogens (tertiary/aromatic N) is 4. The Kier molecular flexibility index (Phi) is 26.0. The maximum Gasteiger partial charge on any atom is 0.251 e. The molecule has 17 heteroatoms. The second-order valence-electron chi connectivity index (χ2n) is 25.7. The zero-order valence-electron chi connectivity index (χ0n) is 54.3. The van der Waals surface area contributed by atoms with E-state index in [1.807, 2.05) is 108 Å². The van der Waals surface area contributed by atoms with E-state index in [1.165, 1.54) is 0 Å². The molecule has 2 aliphatic carbocycles. The predicted octanol–water partition coefficient (Wildman–Crippen LogP) is 10.1. The molecule has 4 fully saturated rings. The summed E-state index contributed by atoms with van der Waals surface area (Å²) in [4.78, 5) is 119. The van der Waals surface area contributed by atoms with Crippen LogP contribution in [0.25, 0.3) is 11.1 Å². The van der Waals surface area contributed by atoms with E-state index in [1.54, 1.807) is 50.4 Å². The van der Waals surface area contributed by atoms with E-state index in [4.69, 9.17) is 9.47 Å². The van der Waals surface area contributed by atoms with Crippen molar-refractivity contribution < 1.29 is 47.8 Å². The lowest BCUT2D eigenvalue weighted by Gasteiger charge is -2.37. The van der Waals surface area contributed by atoms with Crippen LogP contribution >= 0.6 is 0 Å². The number of methoxy groups -OCH3 is 2. The number of likely N-dealkylation sites (tertiary alicyclic amines) is 2. The fourth-order valence-electron chi connectivity index (χ4n) is 13.7. The molecule has 2 saturated carbocycles. The summed E-state index contributed by atoms with van der Waals surface area (Å²) >= 11 is 0. The summed E-state index contributed by atoms with van der Waals surface area (Å²) in [5.41, 5.74) is 4.53. The van der Waals surface area contributed by atoms with Gasteiger partial charge in [0.25, 0.3) is 5.91 Å². The molecule has 90 heavy (non-hydrogen) atoms. The van der Waals surface area contributed by atoms with Crippen molar-refractivity contribution in [2.24, 2.45) is 23.7 Å². The lowest BCUT2D eigenvalue weighted by atomic mass is 9.76. The molecule has 0 aromatic heterocycles. The van der Waals surface area contributed by atoms with Crippen molar-refractivity contribution in [1.29, 1.82) is 0 Å². The van der Waals surface area contributed by atoms with Crippen LogP contribution in [0.3, 0.4) is 0 Å². The molecule has 3 N–H and O–H groups in total. The maximum absolute atomic E-state index is 14.6. The third-order valence-corrected chi connectivity index (χ3v) is 19.8. The Balaban J connectivity index is 0.879. The Hall–Kier alpha value is -7.40. The SMILES string of the molecule is CC[C@@H](C)C(=O)N[C@H](C(=O)N1CCC[C@H]1CN(CCc1ccc(OC)cc1)C(=O)CCC(=O)c1ccc(-c2ccc(C(=O)NCC(=O)N(CCc3ccc(OC)cc3)C[C@@H]3CCCN3C(=O)[C@@H](CC(=O)[C@H](C)NC)C3CCCCC3)cc2)cc1)C1CCCCC1. The van der Waals surface area contributed by atoms with Crippen molar-refractivity contribution in [3.05, 3.63) is 119 Å². The number of amides is 6. The number of benzene rings is 4. The first-order valence-electron chi connectivity index (χ1n) is 33.5. The van der Waals surface area contributed by atoms with E-state index in [9.17, 15) is 38.4 Å². The van der Waals surface area contributed by atoms with Crippen LogP contribution in [0.2, 0.25) is 0 Å². The van der Waals surface area contributed by atoms with Gasteiger partial charge in [-0.25, -0.2) is 0 Å². The highest BCUT2D eigenvalue weighted by Gasteiger charge is 2.42. The average molecular weight is 1230 g/mol. The van der Waals surface area contributed by atoms with Crippen molar-refractivity contribution >= 4 is 47.0 Å². The molecule has 6 atom stereocenters. The van der Waals surface area contributed by atoms with Gasteiger partial charge >= 0.3 is 0 Å². The van der Waals surface area contributed by atoms with Gasteiger partial charge < -0.3 is 45.0 Å². The second-order valence-corrected chi connectivity index (χ2v) is 25.7. The Bertz CT molecular complexity index is 2810. The van der Waals surface area contributed by atoms with Gasteiger partial charge in [-0.2, -0.15) is 0 Å². The van der Waals surface area contributed by atoms with E-state index < -0.39 is 17.9 Å². The zero-order valence-corrected chi connectivity index (χ0v) is 54.3. The highest BCUT2D eigenvalue weighted by atomic mass is 16.5. The number of carbonyl (C=O) groups excluding carboxylic acids is 8. The number of rotatable bonds is 31. The average Bonchev–Trinajstić information content (AvgIpc) is 2.19. The molecule has 0 radical (unpaired) electrons. The minimum Gasteiger partial charge on any atom is -0.497 e. The standard InChI is InChI=1S/C73H99N7O10/c1-7-50(2)70(85)76-69(58-18-12-9-13-19-58)73(88)80-43-15-21-61(80)48-77(44-40-52-22-34-62(89-5)35-23-52)67(83)39-38-65(81)57-30-26-54(27-31-57)55-28-32-59(33-29-55)71(86)75-47-68(84)78(45-41-53-24-36-63(90-6)37-25-53)49-60-20-14-42-79(60)72(87)64(46-66(82)51(3)74-4)56-16-10-8-11-17-56/h22-37,50-51,56,58,60-61,64,69,74H,7-21,38-49H2,1-6H3,(H,75,86)(H,76,85)/t50-,51+,60+,61+,64+,69+/m1/s1. The highest BCUT2D eigenvalue weighted by molar-refractivity contribution is 5.99. The first-order valence-corrected chi connectivity index (χ1v) is 33.5. The number of hydrogen-bond donors (Lipinski definition) is 3. The maximum atomic E-state index is 14.6. The Morgan fingerprint density at radius 1 is 0.567 bits per heavy atom. The van der Waals surface area contributed by atoms with Gasteiger partial charge in [0.15, 0.2) is 5.78 Å². The van der Waals surface area contributed by atoms with Crippen molar-refractivity contribution in [2.45, 2.75) is 173 Å². The summed E-state index contributed by atoms with van der Waals surface area (Å²) < 4.78 is 10.7. The largest absolute Gasteiger partial charge is 0.497 e. The first-order chi connectivity index (χ1) is 43.6. The summed E-state index contributed by atoms with van der Waals surface area (Å²) in [6.45, 7) is 8.03. The summed E-state index contributed by atoms with van der Waals surface area (Å²) in [6, 6.07) is 28.3. The number of hydrogen-bond acceptors (Lipinski definition) is 11. The second kappa shape index (κ2) is 34.1. The Morgan fingerprint density at radius 3 is 1.56 bits per heavy atom. The van der Waals surface area contributed by atoms with Gasteiger partial charge in [-0.05, 0) is 155 Å². The quantitative estimate of drug-likeness (QED) is 0.0405. The van der Waals surface area contributed by atoms with Gasteiger partial charge in [-0.1, -0.05) is 113 Å². The van der Waals surface area contributed by atoms with Crippen LogP contribution in [0.1, 0.15) is 168 Å². The molecule has 6 amide bonds. The van der Waals surface area contributed by atoms with E-state index in [0.29, 0.717) is 69.7 Å². The van der Waals surface area contributed by atoms with Gasteiger partial charge in [0.1, 0.15) is 23.3 Å². The predicted molar refractivity (Wildman–Crippen MR) is 350 cm³/mol. The van der Waals surface area contributed by atoms with E-state index in [2.05, 4.69) is 16.0 Å². The molecule has 4 aromatic carbocycles. The fraction of sp³-hybridized carbons (Fsp3) is 0.562. The van der Waals surface area contributed by atoms with Crippen molar-refractivity contribution in [1.82, 2.24) is 35.6 Å². The molecule has 0 bridgehead atoms. The number of Topliss-reactive ketones (excluding diaryl/α,β-unsaturated/α-hetero) is 2. The Labute approximate surface area is 534 Å². The zero-order chi connectivity index (χ0) is 64.1. The molecular formula is C73H99N7O10. The summed E-state index contributed by atoms with van der Waals surface area (Å²) in [6.07, 6.45) is 15.2. The minimum atomic E-state index is -0.598. The minimum absolute atomic E-state index is 0.00157. The van der Waals surface area contributed by atoms with Crippen LogP contribution in [0.15, 0.2) is 97.1 Å². The molecule has 8 rings (SSSR count). The number of carbonyl (C=O) groups is 8.